The highest BCUT2D eigenvalue weighted by Gasteiger charge is 2.51. The minimum atomic E-state index is 0.463. The van der Waals surface area contributed by atoms with Crippen molar-refractivity contribution in [1.29, 1.82) is 0 Å². The number of aromatic nitrogens is 3. The molecule has 4 fully saturated rings. The minimum Gasteiger partial charge on any atom is -0.317 e. The normalized spacial score (nSPS) is 40.0. The number of rotatable bonds is 3. The summed E-state index contributed by atoms with van der Waals surface area (Å²) in [7, 11) is 2.06. The Morgan fingerprint density at radius 3 is 2.05 bits per heavy atom. The van der Waals surface area contributed by atoms with Gasteiger partial charge < -0.3 is 4.57 Å². The van der Waals surface area contributed by atoms with Gasteiger partial charge in [0, 0.05) is 13.5 Å². The molecule has 19 heavy (non-hydrogen) atoms. The van der Waals surface area contributed by atoms with Crippen LogP contribution in [0.2, 0.25) is 0 Å². The first kappa shape index (κ1) is 12.2. The molecule has 4 saturated carbocycles. The van der Waals surface area contributed by atoms with E-state index < -0.39 is 0 Å². The maximum atomic E-state index is 5.90. The van der Waals surface area contributed by atoms with E-state index in [2.05, 4.69) is 21.8 Å². The van der Waals surface area contributed by atoms with Gasteiger partial charge in [-0.25, -0.2) is 0 Å². The second-order valence-electron chi connectivity index (χ2n) is 7.32. The van der Waals surface area contributed by atoms with Gasteiger partial charge >= 0.3 is 0 Å². The van der Waals surface area contributed by atoms with Crippen molar-refractivity contribution in [3.8, 4) is 0 Å². The summed E-state index contributed by atoms with van der Waals surface area (Å²) in [5, 5.41) is 8.60. The van der Waals surface area contributed by atoms with Gasteiger partial charge in [0.25, 0.3) is 0 Å². The molecule has 0 radical (unpaired) electrons. The summed E-state index contributed by atoms with van der Waals surface area (Å²) in [6, 6.07) is 0. The third-order valence-corrected chi connectivity index (χ3v) is 6.11. The van der Waals surface area contributed by atoms with Crippen LogP contribution in [0.3, 0.4) is 0 Å². The van der Waals surface area contributed by atoms with Gasteiger partial charge in [0.2, 0.25) is 0 Å². The highest BCUT2D eigenvalue weighted by Crippen LogP contribution is 2.60. The van der Waals surface area contributed by atoms with Crippen LogP contribution < -0.4 is 0 Å². The zero-order valence-corrected chi connectivity index (χ0v) is 12.4. The Kier molecular flexibility index (Phi) is 2.70. The van der Waals surface area contributed by atoms with Crippen molar-refractivity contribution in [3.63, 3.8) is 0 Å². The molecule has 1 heterocycles. The maximum absolute atomic E-state index is 5.90. The Labute approximate surface area is 119 Å². The van der Waals surface area contributed by atoms with Gasteiger partial charge in [-0.3, -0.25) is 0 Å². The molecule has 0 amide bonds. The zero-order chi connectivity index (χ0) is 13.0. The number of hydrogen-bond acceptors (Lipinski definition) is 2. The monoisotopic (exact) mass is 279 g/mol. The van der Waals surface area contributed by atoms with Crippen LogP contribution in [-0.2, 0) is 19.3 Å². The summed E-state index contributed by atoms with van der Waals surface area (Å²) in [5.74, 6) is 5.54. The van der Waals surface area contributed by atoms with Crippen LogP contribution >= 0.6 is 11.6 Å². The first-order chi connectivity index (χ1) is 9.17. The van der Waals surface area contributed by atoms with Crippen molar-refractivity contribution < 1.29 is 0 Å². The lowest BCUT2D eigenvalue weighted by Gasteiger charge is -2.56. The lowest BCUT2D eigenvalue weighted by Crippen LogP contribution is -2.47. The fourth-order valence-electron chi connectivity index (χ4n) is 5.51. The van der Waals surface area contributed by atoms with Crippen LogP contribution in [0.1, 0.15) is 50.2 Å². The molecule has 0 unspecified atom stereocenters. The van der Waals surface area contributed by atoms with Crippen molar-refractivity contribution in [2.75, 3.05) is 0 Å². The first-order valence-corrected chi connectivity index (χ1v) is 8.14. The Bertz CT molecular complexity index is 458. The Morgan fingerprint density at radius 1 is 1.05 bits per heavy atom. The van der Waals surface area contributed by atoms with E-state index in [-0.39, 0.29) is 0 Å². The van der Waals surface area contributed by atoms with E-state index >= 15 is 0 Å². The van der Waals surface area contributed by atoms with Crippen LogP contribution in [0.5, 0.6) is 0 Å². The zero-order valence-electron chi connectivity index (χ0n) is 11.6. The van der Waals surface area contributed by atoms with Gasteiger partial charge in [0.05, 0.1) is 5.88 Å². The highest BCUT2D eigenvalue weighted by atomic mass is 35.5. The summed E-state index contributed by atoms with van der Waals surface area (Å²) >= 11 is 5.90. The molecular formula is C15H22ClN3. The largest absolute Gasteiger partial charge is 0.317 e. The third kappa shape index (κ3) is 1.93. The predicted octanol–water partition coefficient (Wildman–Crippen LogP) is 3.31. The molecule has 0 N–H and O–H groups in total. The molecule has 1 aromatic heterocycles. The van der Waals surface area contributed by atoms with Crippen molar-refractivity contribution in [1.82, 2.24) is 14.8 Å². The molecule has 0 aliphatic heterocycles. The third-order valence-electron chi connectivity index (χ3n) is 5.87. The van der Waals surface area contributed by atoms with E-state index in [1.54, 1.807) is 0 Å². The lowest BCUT2D eigenvalue weighted by atomic mass is 9.49. The van der Waals surface area contributed by atoms with Gasteiger partial charge in [-0.15, -0.1) is 21.8 Å². The number of hydrogen-bond donors (Lipinski definition) is 0. The topological polar surface area (TPSA) is 30.7 Å². The Hall–Kier alpha value is -0.570. The first-order valence-electron chi connectivity index (χ1n) is 7.60. The molecular weight excluding hydrogens is 258 g/mol. The van der Waals surface area contributed by atoms with E-state index in [1.165, 1.54) is 38.5 Å². The van der Waals surface area contributed by atoms with Crippen LogP contribution in [0.25, 0.3) is 0 Å². The molecule has 4 heteroatoms. The van der Waals surface area contributed by atoms with Crippen LogP contribution in [0, 0.1) is 23.2 Å². The van der Waals surface area contributed by atoms with Crippen LogP contribution in [0.15, 0.2) is 0 Å². The number of nitrogens with zero attached hydrogens (tertiary/aromatic N) is 3. The maximum Gasteiger partial charge on any atom is 0.147 e. The summed E-state index contributed by atoms with van der Waals surface area (Å²) in [6.07, 6.45) is 9.93. The average Bonchev–Trinajstić information content (AvgIpc) is 2.68. The smallest absolute Gasteiger partial charge is 0.147 e. The second-order valence-corrected chi connectivity index (χ2v) is 7.59. The van der Waals surface area contributed by atoms with E-state index in [0.29, 0.717) is 11.3 Å². The van der Waals surface area contributed by atoms with Gasteiger partial charge in [-0.1, -0.05) is 0 Å². The molecule has 0 aromatic carbocycles. The minimum absolute atomic E-state index is 0.463. The average molecular weight is 280 g/mol. The molecule has 3 nitrogen and oxygen atoms in total. The SMILES string of the molecule is Cn1c(CCl)nnc1CC12CC3CC(CC(C3)C1)C2. The Morgan fingerprint density at radius 2 is 1.58 bits per heavy atom. The fraction of sp³-hybridized carbons (Fsp3) is 0.867. The molecule has 5 rings (SSSR count). The molecule has 0 saturated heterocycles. The molecule has 0 atom stereocenters. The molecule has 4 aliphatic carbocycles. The van der Waals surface area contributed by atoms with Gasteiger partial charge in [0.15, 0.2) is 0 Å². The molecule has 0 spiro atoms. The molecule has 4 bridgehead atoms. The predicted molar refractivity (Wildman–Crippen MR) is 74.9 cm³/mol. The van der Waals surface area contributed by atoms with E-state index in [4.69, 9.17) is 11.6 Å². The van der Waals surface area contributed by atoms with E-state index in [0.717, 1.165) is 35.8 Å². The van der Waals surface area contributed by atoms with Gasteiger partial charge in [0.1, 0.15) is 11.6 Å². The van der Waals surface area contributed by atoms with E-state index in [9.17, 15) is 0 Å². The van der Waals surface area contributed by atoms with E-state index in [1.807, 2.05) is 0 Å². The number of alkyl halides is 1. The Balaban J connectivity index is 1.60. The van der Waals surface area contributed by atoms with Crippen molar-refractivity contribution in [3.05, 3.63) is 11.6 Å². The van der Waals surface area contributed by atoms with Gasteiger partial charge in [-0.2, -0.15) is 0 Å². The van der Waals surface area contributed by atoms with Crippen LogP contribution in [0.4, 0.5) is 0 Å². The summed E-state index contributed by atoms with van der Waals surface area (Å²) in [5.41, 5.74) is 0.541. The van der Waals surface area contributed by atoms with Crippen molar-refractivity contribution in [2.45, 2.75) is 50.8 Å². The second kappa shape index (κ2) is 4.21. The summed E-state index contributed by atoms with van der Waals surface area (Å²) in [4.78, 5) is 0. The number of halogens is 1. The summed E-state index contributed by atoms with van der Waals surface area (Å²) in [6.45, 7) is 0. The molecule has 4 aliphatic rings. The van der Waals surface area contributed by atoms with Crippen molar-refractivity contribution in [2.24, 2.45) is 30.2 Å². The standard InChI is InChI=1S/C15H22ClN3/c1-19-13(17-18-14(19)9-16)8-15-5-10-2-11(6-15)4-12(3-10)7-15/h10-12H,2-9H2,1H3. The van der Waals surface area contributed by atoms with Crippen LogP contribution in [-0.4, -0.2) is 14.8 Å². The van der Waals surface area contributed by atoms with Crippen molar-refractivity contribution >= 4 is 11.6 Å². The molecule has 104 valence electrons. The lowest BCUT2D eigenvalue weighted by molar-refractivity contribution is -0.0535. The van der Waals surface area contributed by atoms with Gasteiger partial charge in [-0.05, 0) is 61.7 Å². The fourth-order valence-corrected chi connectivity index (χ4v) is 5.74. The summed E-state index contributed by atoms with van der Waals surface area (Å²) < 4.78 is 2.12. The highest BCUT2D eigenvalue weighted by molar-refractivity contribution is 6.16. The molecule has 1 aromatic rings. The quantitative estimate of drug-likeness (QED) is 0.795.